The second kappa shape index (κ2) is 9.72. The van der Waals surface area contributed by atoms with Gasteiger partial charge in [0, 0.05) is 11.1 Å². The van der Waals surface area contributed by atoms with Crippen molar-refractivity contribution in [3.8, 4) is 5.75 Å². The highest BCUT2D eigenvalue weighted by Crippen LogP contribution is 2.31. The van der Waals surface area contributed by atoms with Crippen LogP contribution in [0.2, 0.25) is 0 Å². The van der Waals surface area contributed by atoms with Crippen molar-refractivity contribution in [2.24, 2.45) is 10.7 Å². The molecule has 1 heterocycles. The third-order valence-corrected chi connectivity index (χ3v) is 4.16. The van der Waals surface area contributed by atoms with Crippen LogP contribution in [0.25, 0.3) is 5.70 Å². The smallest absolute Gasteiger partial charge is 0.445 e. The molecule has 0 aliphatic carbocycles. The Morgan fingerprint density at radius 3 is 2.50 bits per heavy atom. The normalized spacial score (nSPS) is 12.3. The molecule has 0 bridgehead atoms. The van der Waals surface area contributed by atoms with Gasteiger partial charge in [-0.25, -0.2) is 9.38 Å². The first kappa shape index (κ1) is 24.7. The van der Waals surface area contributed by atoms with Crippen molar-refractivity contribution in [2.45, 2.75) is 19.7 Å². The van der Waals surface area contributed by atoms with Crippen LogP contribution in [0, 0.1) is 18.6 Å². The largest absolute Gasteiger partial charge is 0.573 e. The van der Waals surface area contributed by atoms with Crippen molar-refractivity contribution >= 4 is 42.4 Å². The van der Waals surface area contributed by atoms with E-state index in [2.05, 4.69) is 27.7 Å². The van der Waals surface area contributed by atoms with E-state index in [4.69, 9.17) is 15.9 Å². The predicted molar refractivity (Wildman–Crippen MR) is 107 cm³/mol. The summed E-state index contributed by atoms with van der Waals surface area (Å²) < 4.78 is 73.3. The van der Waals surface area contributed by atoms with Crippen LogP contribution in [-0.2, 0) is 11.2 Å². The molecule has 1 aromatic carbocycles. The highest BCUT2D eigenvalue weighted by Gasteiger charge is 2.33. The maximum atomic E-state index is 14.2. The lowest BCUT2D eigenvalue weighted by atomic mass is 10.1. The van der Waals surface area contributed by atoms with E-state index in [0.717, 1.165) is 17.8 Å². The number of thiol groups is 1. The van der Waals surface area contributed by atoms with Crippen molar-refractivity contribution in [3.63, 3.8) is 0 Å². The number of anilines is 1. The molecule has 0 atom stereocenters. The van der Waals surface area contributed by atoms with Crippen LogP contribution in [0.3, 0.4) is 0 Å². The van der Waals surface area contributed by atoms with Gasteiger partial charge in [0.25, 0.3) is 5.91 Å². The van der Waals surface area contributed by atoms with E-state index in [9.17, 15) is 31.5 Å². The second-order valence-electron chi connectivity index (χ2n) is 6.04. The van der Waals surface area contributed by atoms with E-state index >= 15 is 0 Å². The number of amides is 2. The van der Waals surface area contributed by atoms with Gasteiger partial charge in [0.1, 0.15) is 11.3 Å². The number of ether oxygens (including phenoxy) is 1. The number of carbonyl (C=O) groups is 2. The highest BCUT2D eigenvalue weighted by atomic mass is 32.1. The van der Waals surface area contributed by atoms with Gasteiger partial charge in [-0.05, 0) is 24.5 Å². The molecule has 8 nitrogen and oxygen atoms in total. The standard InChI is InChI=1S/C18H15F5N4O4S/c1-7-9(13(16(24)29)17(25)30-7)4-12(28)27-6-26-10(5-32)8-2-3-11(15(20)14(8)19)31-18(21,22)23/h2-3,5-6,32H,4,25H2,1H3,(H2,24,29)(H,26,27,28). The average molecular weight is 478 g/mol. The van der Waals surface area contributed by atoms with Crippen molar-refractivity contribution in [3.05, 3.63) is 51.6 Å². The van der Waals surface area contributed by atoms with E-state index in [1.165, 1.54) is 6.92 Å². The fourth-order valence-corrected chi connectivity index (χ4v) is 2.78. The van der Waals surface area contributed by atoms with Crippen LogP contribution in [0.1, 0.15) is 27.2 Å². The van der Waals surface area contributed by atoms with Gasteiger partial charge in [-0.3, -0.25) is 9.59 Å². The number of hydrogen-bond donors (Lipinski definition) is 4. The lowest BCUT2D eigenvalue weighted by Gasteiger charge is -2.11. The second-order valence-corrected chi connectivity index (χ2v) is 6.30. The molecule has 0 unspecified atom stereocenters. The molecule has 0 spiro atoms. The maximum absolute atomic E-state index is 14.2. The monoisotopic (exact) mass is 478 g/mol. The topological polar surface area (TPSA) is 133 Å². The number of carbonyl (C=O) groups excluding carboxylic acids is 2. The molecule has 0 saturated carbocycles. The van der Waals surface area contributed by atoms with E-state index < -0.39 is 41.1 Å². The molecule has 172 valence electrons. The zero-order chi connectivity index (χ0) is 24.2. The molecule has 32 heavy (non-hydrogen) atoms. The average Bonchev–Trinajstić information content (AvgIpc) is 2.95. The number of nitrogens with zero attached hydrogens (tertiary/aromatic N) is 1. The van der Waals surface area contributed by atoms with E-state index in [0.29, 0.717) is 6.07 Å². The Morgan fingerprint density at radius 1 is 1.28 bits per heavy atom. The first-order chi connectivity index (χ1) is 14.9. The number of aliphatic imine (C=N–C) groups is 1. The summed E-state index contributed by atoms with van der Waals surface area (Å²) in [6.45, 7) is 1.46. The van der Waals surface area contributed by atoms with Crippen LogP contribution in [0.4, 0.5) is 27.8 Å². The number of hydrogen-bond acceptors (Lipinski definition) is 7. The Hall–Kier alpha value is -3.55. The molecule has 2 amide bonds. The molecule has 0 saturated heterocycles. The van der Waals surface area contributed by atoms with Gasteiger partial charge in [-0.1, -0.05) is 0 Å². The molecule has 0 aliphatic heterocycles. The molecule has 2 rings (SSSR count). The van der Waals surface area contributed by atoms with Crippen LogP contribution >= 0.6 is 12.6 Å². The molecule has 14 heteroatoms. The summed E-state index contributed by atoms with van der Waals surface area (Å²) in [6, 6.07) is 1.35. The van der Waals surface area contributed by atoms with Crippen molar-refractivity contribution in [1.82, 2.24) is 5.32 Å². The molecule has 2 aromatic rings. The number of rotatable bonds is 7. The lowest BCUT2D eigenvalue weighted by Crippen LogP contribution is -2.25. The van der Waals surface area contributed by atoms with Gasteiger partial charge in [-0.15, -0.1) is 25.8 Å². The highest BCUT2D eigenvalue weighted by molar-refractivity contribution is 7.83. The molecule has 1 aromatic heterocycles. The molecule has 0 fully saturated rings. The SMILES string of the molecule is Cc1oc(N)c(C(N)=O)c1CC(=O)NC=NC(=CS)c1ccc(OC(F)(F)F)c(F)c1F. The Morgan fingerprint density at radius 2 is 1.94 bits per heavy atom. The summed E-state index contributed by atoms with van der Waals surface area (Å²) in [5.74, 6) is -6.58. The first-order valence-electron chi connectivity index (χ1n) is 8.43. The van der Waals surface area contributed by atoms with Gasteiger partial charge in [0.05, 0.1) is 18.5 Å². The quantitative estimate of drug-likeness (QED) is 0.210. The molecule has 0 aliphatic rings. The van der Waals surface area contributed by atoms with Crippen molar-refractivity contribution in [2.75, 3.05) is 5.73 Å². The minimum absolute atomic E-state index is 0.149. The third-order valence-electron chi connectivity index (χ3n) is 3.92. The van der Waals surface area contributed by atoms with Crippen molar-refractivity contribution in [1.29, 1.82) is 0 Å². The molecular weight excluding hydrogens is 463 g/mol. The van der Waals surface area contributed by atoms with E-state index in [1.54, 1.807) is 0 Å². The van der Waals surface area contributed by atoms with Gasteiger partial charge in [0.2, 0.25) is 17.6 Å². The minimum Gasteiger partial charge on any atom is -0.445 e. The van der Waals surface area contributed by atoms with Gasteiger partial charge in [-0.2, -0.15) is 4.39 Å². The van der Waals surface area contributed by atoms with Crippen LogP contribution in [0.5, 0.6) is 5.75 Å². The Balaban J connectivity index is 2.16. The van der Waals surface area contributed by atoms with Gasteiger partial charge >= 0.3 is 6.36 Å². The Kier molecular flexibility index (Phi) is 7.51. The number of nitrogens with one attached hydrogen (secondary N) is 1. The number of furan rings is 1. The summed E-state index contributed by atoms with van der Waals surface area (Å²) >= 11 is 3.79. The van der Waals surface area contributed by atoms with E-state index in [1.807, 2.05) is 0 Å². The summed E-state index contributed by atoms with van der Waals surface area (Å²) in [6.07, 6.45) is -4.78. The Labute approximate surface area is 182 Å². The zero-order valence-electron chi connectivity index (χ0n) is 16.1. The Bertz CT molecular complexity index is 1110. The number of benzene rings is 1. The van der Waals surface area contributed by atoms with Crippen LogP contribution < -0.4 is 21.5 Å². The fraction of sp³-hybridized carbons (Fsp3) is 0.167. The maximum Gasteiger partial charge on any atom is 0.573 e. The number of aryl methyl sites for hydroxylation is 1. The van der Waals surface area contributed by atoms with Gasteiger partial charge in [0.15, 0.2) is 11.6 Å². The van der Waals surface area contributed by atoms with Gasteiger partial charge < -0.3 is 25.9 Å². The van der Waals surface area contributed by atoms with Crippen LogP contribution in [-0.4, -0.2) is 24.5 Å². The number of primary amides is 1. The van der Waals surface area contributed by atoms with Crippen molar-refractivity contribution < 1.29 is 40.7 Å². The minimum atomic E-state index is -5.22. The molecule has 5 N–H and O–H groups in total. The summed E-state index contributed by atoms with van der Waals surface area (Å²) in [5, 5.41) is 3.14. The summed E-state index contributed by atoms with van der Waals surface area (Å²) in [4.78, 5) is 27.3. The third kappa shape index (κ3) is 5.78. The van der Waals surface area contributed by atoms with E-state index in [-0.39, 0.29) is 34.9 Å². The summed E-state index contributed by atoms with van der Waals surface area (Å²) in [5.41, 5.74) is 9.87. The molecular formula is C18H15F5N4O4S. The van der Waals surface area contributed by atoms with Crippen LogP contribution in [0.15, 0.2) is 27.0 Å². The first-order valence-corrected chi connectivity index (χ1v) is 8.95. The molecule has 0 radical (unpaired) electrons. The predicted octanol–water partition coefficient (Wildman–Crippen LogP) is 3.06. The zero-order valence-corrected chi connectivity index (χ0v) is 17.0. The number of halogens is 5. The fourth-order valence-electron chi connectivity index (χ4n) is 2.58. The lowest BCUT2D eigenvalue weighted by molar-refractivity contribution is -0.275. The summed E-state index contributed by atoms with van der Waals surface area (Å²) in [7, 11) is 0. The number of alkyl halides is 3. The number of nitrogen functional groups attached to an aromatic ring is 1. The number of nitrogens with two attached hydrogens (primary N) is 2.